The largest absolute Gasteiger partial charge is 0.365 e. The smallest absolute Gasteiger partial charge is 0.258 e. The number of hydrogen-bond acceptors (Lipinski definition) is 3. The molecule has 0 aliphatic carbocycles. The van der Waals surface area contributed by atoms with Crippen LogP contribution in [0.25, 0.3) is 5.65 Å². The molecule has 4 rings (SSSR count). The molecule has 1 aliphatic heterocycles. The van der Waals surface area contributed by atoms with E-state index in [0.717, 1.165) is 47.5 Å². The van der Waals surface area contributed by atoms with Crippen LogP contribution in [0.5, 0.6) is 0 Å². The van der Waals surface area contributed by atoms with Gasteiger partial charge in [0.15, 0.2) is 0 Å². The summed E-state index contributed by atoms with van der Waals surface area (Å²) in [7, 11) is 0. The van der Waals surface area contributed by atoms with E-state index in [1.165, 1.54) is 0 Å². The third kappa shape index (κ3) is 2.69. The third-order valence-electron chi connectivity index (χ3n) is 4.89. The Bertz CT molecular complexity index is 1030. The summed E-state index contributed by atoms with van der Waals surface area (Å²) in [5.41, 5.74) is 5.07. The maximum atomic E-state index is 14.2. The minimum atomic E-state index is -0.146. The standard InChI is InChI=1S/C20H20FN3O/c1-13-7-8-17(21)16-6-4-9-23(19(13)16)12-15-11-18(25)24-10-3-5-14(2)20(24)22-15/h3,5,7-8,10-11H,4,6,9,12H2,1-2H3. The fourth-order valence-electron chi connectivity index (χ4n) is 3.71. The molecule has 5 heteroatoms. The van der Waals surface area contributed by atoms with Gasteiger partial charge < -0.3 is 4.90 Å². The predicted molar refractivity (Wildman–Crippen MR) is 96.7 cm³/mol. The zero-order valence-corrected chi connectivity index (χ0v) is 14.4. The Kier molecular flexibility index (Phi) is 3.79. The molecule has 0 spiro atoms. The lowest BCUT2D eigenvalue weighted by atomic mass is 9.97. The molecule has 128 valence electrons. The van der Waals surface area contributed by atoms with Crippen LogP contribution in [0.15, 0.2) is 41.3 Å². The van der Waals surface area contributed by atoms with Crippen molar-refractivity contribution < 1.29 is 4.39 Å². The quantitative estimate of drug-likeness (QED) is 0.719. The van der Waals surface area contributed by atoms with Gasteiger partial charge in [-0.1, -0.05) is 12.1 Å². The van der Waals surface area contributed by atoms with Gasteiger partial charge in [0.05, 0.1) is 12.2 Å². The maximum Gasteiger partial charge on any atom is 0.258 e. The Labute approximate surface area is 145 Å². The van der Waals surface area contributed by atoms with Gasteiger partial charge in [-0.05, 0) is 49.9 Å². The number of halogens is 1. The summed E-state index contributed by atoms with van der Waals surface area (Å²) in [4.78, 5) is 19.2. The Morgan fingerprint density at radius 3 is 2.88 bits per heavy atom. The molecule has 3 heterocycles. The molecule has 2 aromatic heterocycles. The molecule has 1 aromatic carbocycles. The minimum Gasteiger partial charge on any atom is -0.365 e. The van der Waals surface area contributed by atoms with Gasteiger partial charge in [0.2, 0.25) is 0 Å². The summed E-state index contributed by atoms with van der Waals surface area (Å²) in [5.74, 6) is -0.146. The summed E-state index contributed by atoms with van der Waals surface area (Å²) < 4.78 is 15.8. The lowest BCUT2D eigenvalue weighted by molar-refractivity contribution is 0.584. The fraction of sp³-hybridized carbons (Fsp3) is 0.300. The van der Waals surface area contributed by atoms with Crippen LogP contribution in [0.4, 0.5) is 10.1 Å². The van der Waals surface area contributed by atoms with Gasteiger partial charge in [0.25, 0.3) is 5.56 Å². The highest BCUT2D eigenvalue weighted by Gasteiger charge is 2.22. The van der Waals surface area contributed by atoms with E-state index in [4.69, 9.17) is 0 Å². The second-order valence-electron chi connectivity index (χ2n) is 6.69. The van der Waals surface area contributed by atoms with Gasteiger partial charge in [-0.3, -0.25) is 9.20 Å². The molecule has 4 nitrogen and oxygen atoms in total. The summed E-state index contributed by atoms with van der Waals surface area (Å²) in [6.07, 6.45) is 3.39. The number of fused-ring (bicyclic) bond motifs is 2. The summed E-state index contributed by atoms with van der Waals surface area (Å²) in [6.45, 7) is 5.30. The molecular formula is C20H20FN3O. The Hall–Kier alpha value is -2.69. The molecule has 0 radical (unpaired) electrons. The lowest BCUT2D eigenvalue weighted by Crippen LogP contribution is -2.31. The number of aromatic nitrogens is 2. The highest BCUT2D eigenvalue weighted by Crippen LogP contribution is 2.33. The van der Waals surface area contributed by atoms with E-state index >= 15 is 0 Å². The Morgan fingerprint density at radius 2 is 2.04 bits per heavy atom. The van der Waals surface area contributed by atoms with Crippen LogP contribution < -0.4 is 10.5 Å². The van der Waals surface area contributed by atoms with Crippen LogP contribution in [0.2, 0.25) is 0 Å². The second-order valence-corrected chi connectivity index (χ2v) is 6.69. The Morgan fingerprint density at radius 1 is 1.20 bits per heavy atom. The van der Waals surface area contributed by atoms with E-state index in [0.29, 0.717) is 12.2 Å². The van der Waals surface area contributed by atoms with Crippen LogP contribution in [0.3, 0.4) is 0 Å². The molecule has 0 atom stereocenters. The Balaban J connectivity index is 1.78. The van der Waals surface area contributed by atoms with Gasteiger partial charge in [0, 0.05) is 30.1 Å². The third-order valence-corrected chi connectivity index (χ3v) is 4.89. The van der Waals surface area contributed by atoms with Crippen molar-refractivity contribution in [1.82, 2.24) is 9.38 Å². The van der Waals surface area contributed by atoms with Crippen molar-refractivity contribution in [2.45, 2.75) is 33.2 Å². The minimum absolute atomic E-state index is 0.0862. The molecule has 0 bridgehead atoms. The highest BCUT2D eigenvalue weighted by atomic mass is 19.1. The molecule has 0 saturated heterocycles. The molecule has 0 saturated carbocycles. The normalized spacial score (nSPS) is 14.0. The molecule has 0 amide bonds. The van der Waals surface area contributed by atoms with Gasteiger partial charge in [-0.15, -0.1) is 0 Å². The predicted octanol–water partition coefficient (Wildman–Crippen LogP) is 3.40. The zero-order chi connectivity index (χ0) is 17.6. The summed E-state index contributed by atoms with van der Waals surface area (Å²) >= 11 is 0. The first-order chi connectivity index (χ1) is 12.0. The topological polar surface area (TPSA) is 37.6 Å². The molecule has 25 heavy (non-hydrogen) atoms. The molecule has 3 aromatic rings. The van der Waals surface area contributed by atoms with Crippen molar-refractivity contribution in [3.05, 3.63) is 75.1 Å². The first kappa shape index (κ1) is 15.8. The molecule has 0 fully saturated rings. The van der Waals surface area contributed by atoms with Crippen LogP contribution in [0, 0.1) is 19.7 Å². The number of aryl methyl sites for hydroxylation is 2. The summed E-state index contributed by atoms with van der Waals surface area (Å²) in [6, 6.07) is 8.73. The molecule has 1 aliphatic rings. The SMILES string of the molecule is Cc1ccc(F)c2c1N(Cc1cc(=O)n3cccc(C)c3n1)CCC2. The number of pyridine rings is 1. The number of nitrogens with zero attached hydrogens (tertiary/aromatic N) is 3. The van der Waals surface area contributed by atoms with Gasteiger partial charge in [-0.2, -0.15) is 0 Å². The van der Waals surface area contributed by atoms with Crippen LogP contribution in [-0.2, 0) is 13.0 Å². The summed E-state index contributed by atoms with van der Waals surface area (Å²) in [5, 5.41) is 0. The van der Waals surface area contributed by atoms with Crippen LogP contribution in [-0.4, -0.2) is 15.9 Å². The molecule has 0 unspecified atom stereocenters. The number of benzene rings is 1. The van der Waals surface area contributed by atoms with Gasteiger partial charge in [-0.25, -0.2) is 9.37 Å². The van der Waals surface area contributed by atoms with Crippen molar-refractivity contribution in [2.75, 3.05) is 11.4 Å². The second kappa shape index (κ2) is 5.99. The fourth-order valence-corrected chi connectivity index (χ4v) is 3.71. The average Bonchev–Trinajstić information content (AvgIpc) is 2.59. The zero-order valence-electron chi connectivity index (χ0n) is 14.4. The van der Waals surface area contributed by atoms with Crippen molar-refractivity contribution in [3.8, 4) is 0 Å². The van der Waals surface area contributed by atoms with Crippen molar-refractivity contribution in [2.24, 2.45) is 0 Å². The number of rotatable bonds is 2. The highest BCUT2D eigenvalue weighted by molar-refractivity contribution is 5.61. The van der Waals surface area contributed by atoms with Crippen molar-refractivity contribution in [1.29, 1.82) is 0 Å². The average molecular weight is 337 g/mol. The first-order valence-corrected chi connectivity index (χ1v) is 8.55. The molecule has 0 N–H and O–H groups in total. The van der Waals surface area contributed by atoms with E-state index in [1.54, 1.807) is 22.7 Å². The first-order valence-electron chi connectivity index (χ1n) is 8.55. The lowest BCUT2D eigenvalue weighted by Gasteiger charge is -2.32. The van der Waals surface area contributed by atoms with Crippen LogP contribution in [0.1, 0.15) is 28.8 Å². The van der Waals surface area contributed by atoms with E-state index in [-0.39, 0.29) is 11.4 Å². The van der Waals surface area contributed by atoms with E-state index in [1.807, 2.05) is 32.0 Å². The molecular weight excluding hydrogens is 317 g/mol. The van der Waals surface area contributed by atoms with Crippen molar-refractivity contribution in [3.63, 3.8) is 0 Å². The van der Waals surface area contributed by atoms with E-state index in [2.05, 4.69) is 9.88 Å². The van der Waals surface area contributed by atoms with Crippen molar-refractivity contribution >= 4 is 11.3 Å². The van der Waals surface area contributed by atoms with Gasteiger partial charge in [0.1, 0.15) is 11.5 Å². The van der Waals surface area contributed by atoms with E-state index in [9.17, 15) is 9.18 Å². The van der Waals surface area contributed by atoms with Gasteiger partial charge >= 0.3 is 0 Å². The maximum absolute atomic E-state index is 14.2. The van der Waals surface area contributed by atoms with Crippen LogP contribution >= 0.6 is 0 Å². The number of anilines is 1. The number of hydrogen-bond donors (Lipinski definition) is 0. The monoisotopic (exact) mass is 337 g/mol. The van der Waals surface area contributed by atoms with E-state index < -0.39 is 0 Å².